The fourth-order valence-electron chi connectivity index (χ4n) is 1.30. The van der Waals surface area contributed by atoms with Crippen LogP contribution in [-0.2, 0) is 20.8 Å². The van der Waals surface area contributed by atoms with Gasteiger partial charge in [0.05, 0.1) is 5.75 Å². The van der Waals surface area contributed by atoms with Gasteiger partial charge in [-0.1, -0.05) is 25.9 Å². The summed E-state index contributed by atoms with van der Waals surface area (Å²) in [4.78, 5) is 26.1. The van der Waals surface area contributed by atoms with Crippen LogP contribution in [0.2, 0.25) is 0 Å². The van der Waals surface area contributed by atoms with Crippen LogP contribution in [0.25, 0.3) is 0 Å². The van der Waals surface area contributed by atoms with Crippen molar-refractivity contribution in [3.05, 3.63) is 11.7 Å². The van der Waals surface area contributed by atoms with Gasteiger partial charge in [0, 0.05) is 18.1 Å². The van der Waals surface area contributed by atoms with Crippen LogP contribution in [0.1, 0.15) is 39.4 Å². The van der Waals surface area contributed by atoms with Crippen molar-refractivity contribution >= 4 is 23.6 Å². The van der Waals surface area contributed by atoms with Gasteiger partial charge in [0.15, 0.2) is 5.82 Å². The number of aliphatic carboxylic acids is 1. The summed E-state index contributed by atoms with van der Waals surface area (Å²) < 4.78 is 5.10. The first kappa shape index (κ1) is 16.5. The third-order valence-electron chi connectivity index (χ3n) is 2.32. The Hall–Kier alpha value is -1.57. The lowest BCUT2D eigenvalue weighted by atomic mass is 9.96. The molecular weight excluding hydrogens is 282 g/mol. The summed E-state index contributed by atoms with van der Waals surface area (Å²) in [5, 5.41) is 15.2. The molecule has 1 amide bonds. The Kier molecular flexibility index (Phi) is 5.55. The quantitative estimate of drug-likeness (QED) is 0.813. The van der Waals surface area contributed by atoms with Crippen molar-refractivity contribution in [3.8, 4) is 0 Å². The molecule has 0 aliphatic rings. The van der Waals surface area contributed by atoms with Crippen LogP contribution >= 0.6 is 11.8 Å². The number of carboxylic acid groups (broad SMARTS) is 1. The van der Waals surface area contributed by atoms with Gasteiger partial charge in [-0.3, -0.25) is 4.79 Å². The van der Waals surface area contributed by atoms with Crippen molar-refractivity contribution in [1.82, 2.24) is 15.5 Å². The summed E-state index contributed by atoms with van der Waals surface area (Å²) in [6.07, 6.45) is 0. The van der Waals surface area contributed by atoms with Crippen molar-refractivity contribution in [1.29, 1.82) is 0 Å². The number of nitrogens with zero attached hydrogens (tertiary/aromatic N) is 2. The second-order valence-electron chi connectivity index (χ2n) is 5.37. The molecule has 0 aliphatic heterocycles. The van der Waals surface area contributed by atoms with E-state index >= 15 is 0 Å². The van der Waals surface area contributed by atoms with E-state index in [2.05, 4.69) is 15.5 Å². The lowest BCUT2D eigenvalue weighted by molar-refractivity contribution is -0.140. The molecule has 2 N–H and O–H groups in total. The molecule has 112 valence electrons. The molecule has 20 heavy (non-hydrogen) atoms. The van der Waals surface area contributed by atoms with Crippen LogP contribution < -0.4 is 5.32 Å². The molecular formula is C12H19N3O4S. The van der Waals surface area contributed by atoms with Crippen LogP contribution in [-0.4, -0.2) is 38.9 Å². The zero-order valence-corrected chi connectivity index (χ0v) is 12.8. The molecule has 1 unspecified atom stereocenters. The molecule has 1 atom stereocenters. The summed E-state index contributed by atoms with van der Waals surface area (Å²) >= 11 is 1.32. The van der Waals surface area contributed by atoms with Crippen LogP contribution in [0, 0.1) is 0 Å². The van der Waals surface area contributed by atoms with E-state index in [4.69, 9.17) is 9.63 Å². The predicted octanol–water partition coefficient (Wildman–Crippen LogP) is 1.19. The Morgan fingerprint density at radius 2 is 2.10 bits per heavy atom. The molecule has 0 bridgehead atoms. The van der Waals surface area contributed by atoms with E-state index in [-0.39, 0.29) is 17.1 Å². The minimum atomic E-state index is -1.06. The second kappa shape index (κ2) is 6.74. The zero-order chi connectivity index (χ0) is 15.3. The monoisotopic (exact) mass is 301 g/mol. The standard InChI is InChI=1S/C12H19N3O4S/c1-7(16)13-8(10(17)18)5-20-6-9-14-11(15-19-9)12(2,3)4/h8H,5-6H2,1-4H3,(H,13,16)(H,17,18). The molecule has 0 radical (unpaired) electrons. The van der Waals surface area contributed by atoms with E-state index in [1.165, 1.54) is 18.7 Å². The lowest BCUT2D eigenvalue weighted by Gasteiger charge is -2.12. The van der Waals surface area contributed by atoms with Gasteiger partial charge in [-0.2, -0.15) is 4.98 Å². The SMILES string of the molecule is CC(=O)NC(CSCc1nc(C(C)(C)C)no1)C(=O)O. The van der Waals surface area contributed by atoms with Crippen LogP contribution in [0.5, 0.6) is 0 Å². The van der Waals surface area contributed by atoms with E-state index in [9.17, 15) is 9.59 Å². The first-order chi connectivity index (χ1) is 9.20. The highest BCUT2D eigenvalue weighted by atomic mass is 32.2. The average molecular weight is 301 g/mol. The fourth-order valence-corrected chi connectivity index (χ4v) is 2.17. The minimum Gasteiger partial charge on any atom is -0.480 e. The second-order valence-corrected chi connectivity index (χ2v) is 6.40. The first-order valence-corrected chi connectivity index (χ1v) is 7.26. The van der Waals surface area contributed by atoms with Crippen molar-refractivity contribution in [2.24, 2.45) is 0 Å². The van der Waals surface area contributed by atoms with Crippen molar-refractivity contribution in [2.45, 2.75) is 44.9 Å². The van der Waals surface area contributed by atoms with Gasteiger partial charge in [0.2, 0.25) is 11.8 Å². The fraction of sp³-hybridized carbons (Fsp3) is 0.667. The van der Waals surface area contributed by atoms with Gasteiger partial charge in [0.1, 0.15) is 6.04 Å². The first-order valence-electron chi connectivity index (χ1n) is 6.11. The number of carbonyl (C=O) groups excluding carboxylic acids is 1. The van der Waals surface area contributed by atoms with Crippen LogP contribution in [0.4, 0.5) is 0 Å². The van der Waals surface area contributed by atoms with E-state index in [1.54, 1.807) is 0 Å². The third kappa shape index (κ3) is 5.20. The van der Waals surface area contributed by atoms with Crippen molar-refractivity contribution in [3.63, 3.8) is 0 Å². The topological polar surface area (TPSA) is 105 Å². The van der Waals surface area contributed by atoms with Crippen LogP contribution in [0.3, 0.4) is 0 Å². The number of thioether (sulfide) groups is 1. The number of hydrogen-bond acceptors (Lipinski definition) is 6. The molecule has 0 saturated heterocycles. The molecule has 0 aromatic carbocycles. The Balaban J connectivity index is 2.49. The highest BCUT2D eigenvalue weighted by molar-refractivity contribution is 7.98. The highest BCUT2D eigenvalue weighted by Crippen LogP contribution is 2.20. The summed E-state index contributed by atoms with van der Waals surface area (Å²) in [6, 6.07) is -0.914. The van der Waals surface area contributed by atoms with Crippen LogP contribution in [0.15, 0.2) is 4.52 Å². The van der Waals surface area contributed by atoms with Gasteiger partial charge < -0.3 is 14.9 Å². The Morgan fingerprint density at radius 1 is 1.45 bits per heavy atom. The molecule has 1 aromatic heterocycles. The van der Waals surface area contributed by atoms with E-state index < -0.39 is 12.0 Å². The Labute approximate surface area is 121 Å². The number of aromatic nitrogens is 2. The van der Waals surface area contributed by atoms with E-state index in [0.29, 0.717) is 17.5 Å². The summed E-state index contributed by atoms with van der Waals surface area (Å²) in [5.74, 6) is 0.283. The molecule has 0 saturated carbocycles. The summed E-state index contributed by atoms with van der Waals surface area (Å²) in [6.45, 7) is 7.22. The van der Waals surface area contributed by atoms with E-state index in [1.807, 2.05) is 20.8 Å². The maximum atomic E-state index is 10.9. The number of amides is 1. The summed E-state index contributed by atoms with van der Waals surface area (Å²) in [5.41, 5.74) is -0.188. The van der Waals surface area contributed by atoms with Crippen molar-refractivity contribution in [2.75, 3.05) is 5.75 Å². The minimum absolute atomic E-state index is 0.188. The van der Waals surface area contributed by atoms with E-state index in [0.717, 1.165) is 0 Å². The van der Waals surface area contributed by atoms with Gasteiger partial charge in [0.25, 0.3) is 0 Å². The van der Waals surface area contributed by atoms with Gasteiger partial charge >= 0.3 is 5.97 Å². The number of rotatable bonds is 6. The highest BCUT2D eigenvalue weighted by Gasteiger charge is 2.22. The lowest BCUT2D eigenvalue weighted by Crippen LogP contribution is -2.41. The summed E-state index contributed by atoms with van der Waals surface area (Å²) in [7, 11) is 0. The van der Waals surface area contributed by atoms with Crippen molar-refractivity contribution < 1.29 is 19.2 Å². The molecule has 0 spiro atoms. The molecule has 1 rings (SSSR count). The largest absolute Gasteiger partial charge is 0.480 e. The van der Waals surface area contributed by atoms with Gasteiger partial charge in [-0.05, 0) is 0 Å². The Bertz CT molecular complexity index is 481. The zero-order valence-electron chi connectivity index (χ0n) is 12.0. The number of nitrogens with one attached hydrogen (secondary N) is 1. The number of hydrogen-bond donors (Lipinski definition) is 2. The predicted molar refractivity (Wildman–Crippen MR) is 74.4 cm³/mol. The maximum Gasteiger partial charge on any atom is 0.327 e. The van der Waals surface area contributed by atoms with Gasteiger partial charge in [-0.25, -0.2) is 4.79 Å². The van der Waals surface area contributed by atoms with Gasteiger partial charge in [-0.15, -0.1) is 11.8 Å². The smallest absolute Gasteiger partial charge is 0.327 e. The third-order valence-corrected chi connectivity index (χ3v) is 3.34. The number of carbonyl (C=O) groups is 2. The number of carboxylic acids is 1. The molecule has 1 heterocycles. The molecule has 1 aromatic rings. The molecule has 0 fully saturated rings. The molecule has 8 heteroatoms. The molecule has 7 nitrogen and oxygen atoms in total. The normalized spacial score (nSPS) is 13.0. The average Bonchev–Trinajstić information content (AvgIpc) is 2.75. The maximum absolute atomic E-state index is 10.9. The molecule has 0 aliphatic carbocycles. The Morgan fingerprint density at radius 3 is 2.55 bits per heavy atom.